The molecule has 0 fully saturated rings. The maximum absolute atomic E-state index is 0. The molecule has 0 aromatic heterocycles. The Hall–Kier alpha value is 2.17. The van der Waals surface area contributed by atoms with Gasteiger partial charge in [-0.2, -0.15) is 0 Å². The summed E-state index contributed by atoms with van der Waals surface area (Å²) >= 11 is 0. The molecule has 0 bridgehead atoms. The maximum Gasteiger partial charge on any atom is 0 e. The summed E-state index contributed by atoms with van der Waals surface area (Å²) in [5, 5.41) is 0. The minimum Gasteiger partial charge on any atom is 0 e. The van der Waals surface area contributed by atoms with Crippen molar-refractivity contribution in [3.63, 3.8) is 0 Å². The van der Waals surface area contributed by atoms with E-state index >= 15 is 0 Å². The van der Waals surface area contributed by atoms with Crippen LogP contribution in [-0.2, 0) is 40.5 Å². The fourth-order valence-corrected chi connectivity index (χ4v) is 0. The Labute approximate surface area is 71.8 Å². The van der Waals surface area contributed by atoms with Crippen molar-refractivity contribution in [1.29, 1.82) is 0 Å². The molecule has 0 rings (SSSR count). The molecule has 0 unspecified atom stereocenters. The molecule has 19 valence electrons. The Morgan fingerprint density at radius 1 is 1.00 bits per heavy atom. The molecule has 4 heteroatoms. The molecule has 0 N–H and O–H groups in total. The van der Waals surface area contributed by atoms with Crippen molar-refractivity contribution in [1.82, 2.24) is 0 Å². The van der Waals surface area contributed by atoms with Gasteiger partial charge in [0.15, 0.2) is 0 Å². The van der Waals surface area contributed by atoms with Crippen molar-refractivity contribution in [2.75, 3.05) is 0 Å². The van der Waals surface area contributed by atoms with Crippen LogP contribution in [0.1, 0.15) is 0 Å². The summed E-state index contributed by atoms with van der Waals surface area (Å²) < 4.78 is 0. The van der Waals surface area contributed by atoms with Crippen LogP contribution in [0.3, 0.4) is 0 Å². The van der Waals surface area contributed by atoms with E-state index in [1.807, 2.05) is 0 Å². The van der Waals surface area contributed by atoms with Crippen LogP contribution in [0.15, 0.2) is 0 Å². The van der Waals surface area contributed by atoms with Crippen molar-refractivity contribution >= 4 is 32.1 Å². The third kappa shape index (κ3) is 8.90. The average molecular weight is 390 g/mol. The number of hydrogen-bond donors (Lipinski definition) is 0. The van der Waals surface area contributed by atoms with Gasteiger partial charge in [0.05, 0.1) is 0 Å². The molecule has 3 radical (unpaired) electrons. The zero-order valence-corrected chi connectivity index (χ0v) is 10.9. The Morgan fingerprint density at radius 3 is 1.00 bits per heavy atom. The van der Waals surface area contributed by atoms with Gasteiger partial charge >= 0.3 is 23.7 Å². The van der Waals surface area contributed by atoms with E-state index in [1.165, 1.54) is 0 Å². The molecule has 0 nitrogen and oxygen atoms in total. The van der Waals surface area contributed by atoms with Gasteiger partial charge in [-0.05, 0) is 0 Å². The third-order valence-electron chi connectivity index (χ3n) is 0. The third-order valence-corrected chi connectivity index (χ3v) is 0. The first-order valence-corrected chi connectivity index (χ1v) is 0. The smallest absolute Gasteiger partial charge is 0 e. The topological polar surface area (TPSA) is 0 Å². The molecule has 0 spiro atoms. The van der Waals surface area contributed by atoms with Crippen LogP contribution in [-0.4, -0.2) is 32.1 Å². The Balaban J connectivity index is 0. The molecule has 0 saturated carbocycles. The molecular weight excluding hydrogens is 388 g/mol. The van der Waals surface area contributed by atoms with E-state index in [1.54, 1.807) is 0 Å². The number of rotatable bonds is 0. The molecule has 0 aliphatic heterocycles. The fraction of sp³-hybridized carbons (Fsp3) is 0. The Kier molecular flexibility index (Phi) is 168. The van der Waals surface area contributed by atoms with E-state index in [0.717, 1.165) is 0 Å². The van der Waals surface area contributed by atoms with Crippen molar-refractivity contribution in [3.05, 3.63) is 0 Å². The van der Waals surface area contributed by atoms with Gasteiger partial charge in [-0.3, -0.25) is 0 Å². The first-order chi connectivity index (χ1) is 0. The van der Waals surface area contributed by atoms with Crippen LogP contribution in [0, 0.1) is 0 Å². The summed E-state index contributed by atoms with van der Waals surface area (Å²) in [7, 11) is 0. The molecule has 0 amide bonds. The van der Waals surface area contributed by atoms with Crippen molar-refractivity contribution in [2.24, 2.45) is 0 Å². The van der Waals surface area contributed by atoms with Gasteiger partial charge in [0.25, 0.3) is 0 Å². The number of hydrogen-bond acceptors (Lipinski definition) is 0. The molecule has 0 saturated heterocycles. The summed E-state index contributed by atoms with van der Waals surface area (Å²) in [5.41, 5.74) is 0. The van der Waals surface area contributed by atoms with E-state index in [2.05, 4.69) is 0 Å². The molecule has 0 heterocycles. The standard InChI is InChI=1S/B.H2Te.W.Zn/h;1H2;;. The SMILES string of the molecule is [B].[TeH2].[W].[Zn]. The normalized spacial score (nSPS) is 0. The molecule has 0 aliphatic carbocycles. The molecule has 0 atom stereocenters. The Bertz CT molecular complexity index is 8.00. The van der Waals surface area contributed by atoms with Crippen molar-refractivity contribution < 1.29 is 40.5 Å². The minimum absolute atomic E-state index is 0. The first kappa shape index (κ1) is 35.1. The van der Waals surface area contributed by atoms with Crippen LogP contribution in [0.2, 0.25) is 0 Å². The molecule has 0 aromatic carbocycles. The van der Waals surface area contributed by atoms with Crippen LogP contribution < -0.4 is 0 Å². The summed E-state index contributed by atoms with van der Waals surface area (Å²) in [5.74, 6) is 0. The monoisotopic (exact) mass is 391 g/mol. The first-order valence-electron chi connectivity index (χ1n) is 0. The van der Waals surface area contributed by atoms with E-state index in [0.29, 0.717) is 0 Å². The van der Waals surface area contributed by atoms with E-state index < -0.39 is 0 Å². The van der Waals surface area contributed by atoms with Gasteiger partial charge < -0.3 is 0 Å². The predicted molar refractivity (Wildman–Crippen MR) is 14.3 cm³/mol. The second kappa shape index (κ2) is 19.1. The maximum atomic E-state index is 0. The van der Waals surface area contributed by atoms with Gasteiger partial charge in [0.2, 0.25) is 0 Å². The summed E-state index contributed by atoms with van der Waals surface area (Å²) in [6.45, 7) is 0. The molecular formula is H2BTeWZn. The largest absolute Gasteiger partial charge is 0 e. The predicted octanol–water partition coefficient (Wildman–Crippen LogP) is -1.30. The van der Waals surface area contributed by atoms with Gasteiger partial charge in [-0.25, -0.2) is 0 Å². The second-order valence-electron chi connectivity index (χ2n) is 0. The minimum atomic E-state index is 0. The van der Waals surface area contributed by atoms with Gasteiger partial charge in [-0.1, -0.05) is 0 Å². The Morgan fingerprint density at radius 2 is 1.00 bits per heavy atom. The van der Waals surface area contributed by atoms with Crippen LogP contribution in [0.4, 0.5) is 0 Å². The van der Waals surface area contributed by atoms with Gasteiger partial charge in [0, 0.05) is 49.0 Å². The average Bonchev–Trinajstić information content (AvgIpc) is 0. The molecule has 0 aromatic rings. The van der Waals surface area contributed by atoms with Crippen LogP contribution in [0.25, 0.3) is 0 Å². The molecule has 0 aliphatic rings. The van der Waals surface area contributed by atoms with E-state index in [4.69, 9.17) is 0 Å². The van der Waals surface area contributed by atoms with Gasteiger partial charge in [-0.15, -0.1) is 0 Å². The van der Waals surface area contributed by atoms with Crippen molar-refractivity contribution in [3.8, 4) is 0 Å². The zero-order chi connectivity index (χ0) is 0. The summed E-state index contributed by atoms with van der Waals surface area (Å²) in [4.78, 5) is 0. The van der Waals surface area contributed by atoms with Crippen molar-refractivity contribution in [2.45, 2.75) is 0 Å². The summed E-state index contributed by atoms with van der Waals surface area (Å²) in [6.07, 6.45) is 0. The van der Waals surface area contributed by atoms with Crippen LogP contribution >= 0.6 is 0 Å². The van der Waals surface area contributed by atoms with E-state index in [9.17, 15) is 0 Å². The van der Waals surface area contributed by atoms with Gasteiger partial charge in [0.1, 0.15) is 0 Å². The zero-order valence-electron chi connectivity index (χ0n) is 2.19. The van der Waals surface area contributed by atoms with Crippen LogP contribution in [0.5, 0.6) is 0 Å². The molecule has 4 heavy (non-hydrogen) atoms. The quantitative estimate of drug-likeness (QED) is 0.452. The second-order valence-corrected chi connectivity index (χ2v) is 0. The fourth-order valence-electron chi connectivity index (χ4n) is 0. The summed E-state index contributed by atoms with van der Waals surface area (Å²) in [6, 6.07) is 0. The van der Waals surface area contributed by atoms with E-state index in [-0.39, 0.29) is 72.6 Å².